The number of aromatic nitrogens is 1. The summed E-state index contributed by atoms with van der Waals surface area (Å²) >= 11 is 0. The number of hydrogen-bond acceptors (Lipinski definition) is 1. The lowest BCUT2D eigenvalue weighted by Gasteiger charge is -1.98. The first-order chi connectivity index (χ1) is 8.22. The van der Waals surface area contributed by atoms with E-state index in [-0.39, 0.29) is 0 Å². The van der Waals surface area contributed by atoms with Gasteiger partial charge in [-0.05, 0) is 24.5 Å². The second-order valence-electron chi connectivity index (χ2n) is 4.57. The molecule has 2 aromatic rings. The SMILES string of the molecule is CCCC(=O)CCc1cn(C)c2ccccc12. The van der Waals surface area contributed by atoms with Crippen LogP contribution in [0.1, 0.15) is 31.7 Å². The molecule has 0 atom stereocenters. The zero-order chi connectivity index (χ0) is 12.3. The molecule has 0 aliphatic heterocycles. The number of para-hydroxylation sites is 1. The van der Waals surface area contributed by atoms with Crippen LogP contribution >= 0.6 is 0 Å². The first-order valence-electron chi connectivity index (χ1n) is 6.27. The molecule has 0 N–H and O–H groups in total. The van der Waals surface area contributed by atoms with E-state index in [1.807, 2.05) is 6.07 Å². The minimum absolute atomic E-state index is 0.375. The summed E-state index contributed by atoms with van der Waals surface area (Å²) in [4.78, 5) is 11.6. The number of fused-ring (bicyclic) bond motifs is 1. The van der Waals surface area contributed by atoms with E-state index in [1.165, 1.54) is 16.5 Å². The fourth-order valence-corrected chi connectivity index (χ4v) is 2.30. The highest BCUT2D eigenvalue weighted by molar-refractivity contribution is 5.85. The molecule has 0 aliphatic carbocycles. The van der Waals surface area contributed by atoms with Gasteiger partial charge in [0.25, 0.3) is 0 Å². The lowest BCUT2D eigenvalue weighted by atomic mass is 10.0. The third-order valence-electron chi connectivity index (χ3n) is 3.18. The summed E-state index contributed by atoms with van der Waals surface area (Å²) in [6, 6.07) is 8.36. The minimum atomic E-state index is 0.375. The van der Waals surface area contributed by atoms with Gasteiger partial charge in [0.1, 0.15) is 5.78 Å². The molecule has 1 aromatic carbocycles. The molecule has 1 aromatic heterocycles. The van der Waals surface area contributed by atoms with Gasteiger partial charge in [0.15, 0.2) is 0 Å². The van der Waals surface area contributed by atoms with E-state index in [4.69, 9.17) is 0 Å². The first-order valence-corrected chi connectivity index (χ1v) is 6.27. The fourth-order valence-electron chi connectivity index (χ4n) is 2.30. The number of rotatable bonds is 5. The Morgan fingerprint density at radius 1 is 1.24 bits per heavy atom. The number of Topliss-reactive ketones (excluding diaryl/α,β-unsaturated/α-hetero) is 1. The number of carbonyl (C=O) groups is 1. The van der Waals surface area contributed by atoms with Crippen molar-refractivity contribution in [3.63, 3.8) is 0 Å². The van der Waals surface area contributed by atoms with Crippen molar-refractivity contribution in [2.24, 2.45) is 7.05 Å². The summed E-state index contributed by atoms with van der Waals surface area (Å²) in [6.45, 7) is 2.05. The molecule has 90 valence electrons. The molecule has 0 saturated heterocycles. The van der Waals surface area contributed by atoms with E-state index >= 15 is 0 Å². The predicted molar refractivity (Wildman–Crippen MR) is 71.2 cm³/mol. The van der Waals surface area contributed by atoms with Gasteiger partial charge in [-0.15, -0.1) is 0 Å². The summed E-state index contributed by atoms with van der Waals surface area (Å²) in [7, 11) is 2.06. The third kappa shape index (κ3) is 2.57. The highest BCUT2D eigenvalue weighted by Gasteiger charge is 2.07. The normalized spacial score (nSPS) is 10.9. The maximum absolute atomic E-state index is 11.6. The van der Waals surface area contributed by atoms with Crippen LogP contribution in [-0.4, -0.2) is 10.4 Å². The van der Waals surface area contributed by atoms with E-state index < -0.39 is 0 Å². The van der Waals surface area contributed by atoms with Crippen LogP contribution in [-0.2, 0) is 18.3 Å². The van der Waals surface area contributed by atoms with Crippen LogP contribution in [0, 0.1) is 0 Å². The van der Waals surface area contributed by atoms with Gasteiger partial charge < -0.3 is 4.57 Å². The maximum atomic E-state index is 11.6. The van der Waals surface area contributed by atoms with Crippen LogP contribution in [0.3, 0.4) is 0 Å². The molecule has 0 amide bonds. The summed E-state index contributed by atoms with van der Waals surface area (Å²) in [5.41, 5.74) is 2.53. The quantitative estimate of drug-likeness (QED) is 0.769. The van der Waals surface area contributed by atoms with Crippen molar-refractivity contribution in [2.75, 3.05) is 0 Å². The molecule has 0 fully saturated rings. The van der Waals surface area contributed by atoms with Gasteiger partial charge in [-0.2, -0.15) is 0 Å². The van der Waals surface area contributed by atoms with E-state index in [9.17, 15) is 4.79 Å². The molecule has 2 nitrogen and oxygen atoms in total. The van der Waals surface area contributed by atoms with Gasteiger partial charge in [-0.3, -0.25) is 4.79 Å². The Morgan fingerprint density at radius 3 is 2.76 bits per heavy atom. The smallest absolute Gasteiger partial charge is 0.133 e. The lowest BCUT2D eigenvalue weighted by molar-refractivity contribution is -0.119. The van der Waals surface area contributed by atoms with Crippen molar-refractivity contribution in [1.82, 2.24) is 4.57 Å². The number of ketones is 1. The average molecular weight is 229 g/mol. The van der Waals surface area contributed by atoms with Gasteiger partial charge in [0.2, 0.25) is 0 Å². The number of nitrogens with zero attached hydrogens (tertiary/aromatic N) is 1. The Bertz CT molecular complexity index is 525. The summed E-state index contributed by atoms with van der Waals surface area (Å²) < 4.78 is 2.13. The van der Waals surface area contributed by atoms with Gasteiger partial charge >= 0.3 is 0 Å². The van der Waals surface area contributed by atoms with Gasteiger partial charge in [-0.1, -0.05) is 25.1 Å². The third-order valence-corrected chi connectivity index (χ3v) is 3.18. The molecule has 0 aliphatic rings. The van der Waals surface area contributed by atoms with Crippen LogP contribution in [0.4, 0.5) is 0 Å². The molecule has 0 bridgehead atoms. The van der Waals surface area contributed by atoms with E-state index in [2.05, 4.69) is 42.9 Å². The summed E-state index contributed by atoms with van der Waals surface area (Å²) in [5, 5.41) is 1.28. The number of benzene rings is 1. The highest BCUT2D eigenvalue weighted by atomic mass is 16.1. The molecular weight excluding hydrogens is 210 g/mol. The molecule has 2 heteroatoms. The minimum Gasteiger partial charge on any atom is -0.350 e. The number of aryl methyl sites for hydroxylation is 2. The zero-order valence-electron chi connectivity index (χ0n) is 10.6. The fraction of sp³-hybridized carbons (Fsp3) is 0.400. The molecule has 2 rings (SSSR count). The second kappa shape index (κ2) is 5.17. The molecule has 1 heterocycles. The van der Waals surface area contributed by atoms with Crippen molar-refractivity contribution in [3.05, 3.63) is 36.0 Å². The van der Waals surface area contributed by atoms with Crippen LogP contribution in [0.25, 0.3) is 10.9 Å². The van der Waals surface area contributed by atoms with Crippen LogP contribution in [0.2, 0.25) is 0 Å². The standard InChI is InChI=1S/C15H19NO/c1-3-6-13(17)10-9-12-11-16(2)15-8-5-4-7-14(12)15/h4-5,7-8,11H,3,6,9-10H2,1-2H3. The molecule has 0 spiro atoms. The topological polar surface area (TPSA) is 22.0 Å². The average Bonchev–Trinajstić information content (AvgIpc) is 2.65. The van der Waals surface area contributed by atoms with Crippen molar-refractivity contribution in [2.45, 2.75) is 32.6 Å². The van der Waals surface area contributed by atoms with Crippen LogP contribution in [0.5, 0.6) is 0 Å². The van der Waals surface area contributed by atoms with Gasteiger partial charge in [-0.25, -0.2) is 0 Å². The Kier molecular flexibility index (Phi) is 3.62. The Labute approximate surface area is 102 Å². The van der Waals surface area contributed by atoms with Crippen molar-refractivity contribution >= 4 is 16.7 Å². The first kappa shape index (κ1) is 11.9. The monoisotopic (exact) mass is 229 g/mol. The second-order valence-corrected chi connectivity index (χ2v) is 4.57. The molecular formula is C15H19NO. The summed E-state index contributed by atoms with van der Waals surface area (Å²) in [6.07, 6.45) is 5.34. The van der Waals surface area contributed by atoms with Gasteiger partial charge in [0.05, 0.1) is 0 Å². The van der Waals surface area contributed by atoms with Gasteiger partial charge in [0, 0.05) is 37.0 Å². The molecule has 17 heavy (non-hydrogen) atoms. The lowest BCUT2D eigenvalue weighted by Crippen LogP contribution is -1.98. The van der Waals surface area contributed by atoms with Crippen LogP contribution in [0.15, 0.2) is 30.5 Å². The largest absolute Gasteiger partial charge is 0.350 e. The van der Waals surface area contributed by atoms with Crippen molar-refractivity contribution in [3.8, 4) is 0 Å². The van der Waals surface area contributed by atoms with E-state index in [0.717, 1.165) is 12.8 Å². The number of hydrogen-bond donors (Lipinski definition) is 0. The number of carbonyl (C=O) groups excluding carboxylic acids is 1. The molecule has 0 saturated carbocycles. The Morgan fingerprint density at radius 2 is 2.00 bits per heavy atom. The van der Waals surface area contributed by atoms with Crippen molar-refractivity contribution in [1.29, 1.82) is 0 Å². The molecule has 0 radical (unpaired) electrons. The Hall–Kier alpha value is -1.57. The molecule has 0 unspecified atom stereocenters. The van der Waals surface area contributed by atoms with E-state index in [1.54, 1.807) is 0 Å². The summed E-state index contributed by atoms with van der Waals surface area (Å²) in [5.74, 6) is 0.375. The van der Waals surface area contributed by atoms with Crippen molar-refractivity contribution < 1.29 is 4.79 Å². The zero-order valence-corrected chi connectivity index (χ0v) is 10.6. The predicted octanol–water partition coefficient (Wildman–Crippen LogP) is 3.48. The maximum Gasteiger partial charge on any atom is 0.133 e. The highest BCUT2D eigenvalue weighted by Crippen LogP contribution is 2.21. The van der Waals surface area contributed by atoms with E-state index in [0.29, 0.717) is 18.6 Å². The van der Waals surface area contributed by atoms with Crippen LogP contribution < -0.4 is 0 Å². The Balaban J connectivity index is 2.16.